The number of aryl methyl sites for hydroxylation is 1. The smallest absolute Gasteiger partial charge is 0.331 e. The number of carbonyl (C=O) groups excluding carboxylic acids is 2. The van der Waals surface area contributed by atoms with Crippen molar-refractivity contribution in [2.75, 3.05) is 47.0 Å². The van der Waals surface area contributed by atoms with Gasteiger partial charge in [-0.05, 0) is 68.1 Å². The van der Waals surface area contributed by atoms with Crippen molar-refractivity contribution >= 4 is 23.7 Å². The van der Waals surface area contributed by atoms with Crippen LogP contribution in [0.15, 0.2) is 18.2 Å². The molecule has 0 saturated carbocycles. The number of aliphatic hydroxyl groups excluding tert-OH is 1. The summed E-state index contributed by atoms with van der Waals surface area (Å²) in [6.07, 6.45) is -0.0282. The van der Waals surface area contributed by atoms with Gasteiger partial charge in [0, 0.05) is 48.9 Å². The first-order valence-electron chi connectivity index (χ1n) is 18.1. The summed E-state index contributed by atoms with van der Waals surface area (Å²) >= 11 is 1.47. The number of phenolic OH excluding ortho intramolecular Hbond substituents is 2. The Bertz CT molecular complexity index is 2140. The Hall–Kier alpha value is -4.41. The van der Waals surface area contributed by atoms with Crippen LogP contribution in [0.2, 0.25) is 0 Å². The SMILES string of the molecule is COc1cc2c(cc1O)CCN[C@]21CS[C@@H]2c3c(OC(C)=O)c(C)c4c(c3[C@H](COC1=O)N1[C@@H]2[C@H]2c3c(cc(C)c(OC)c3O)C[C@@H]([C@@H]1O)N2C)OCO4.[HH]. The van der Waals surface area contributed by atoms with Crippen molar-refractivity contribution in [2.24, 2.45) is 0 Å². The Morgan fingerprint density at radius 3 is 2.56 bits per heavy atom. The number of thioether (sulfide) groups is 1. The predicted molar refractivity (Wildman–Crippen MR) is 197 cm³/mol. The van der Waals surface area contributed by atoms with Crippen molar-refractivity contribution < 1.29 is 54.8 Å². The number of phenols is 2. The van der Waals surface area contributed by atoms with Crippen molar-refractivity contribution in [2.45, 2.75) is 74.8 Å². The Morgan fingerprint density at radius 1 is 1.04 bits per heavy atom. The second kappa shape index (κ2) is 12.6. The van der Waals surface area contributed by atoms with Gasteiger partial charge >= 0.3 is 11.9 Å². The molecule has 0 unspecified atom stereocenters. The fraction of sp³-hybridized carbons (Fsp3) is 0.487. The van der Waals surface area contributed by atoms with Crippen LogP contribution in [0.3, 0.4) is 0 Å². The number of hydrogen-bond acceptors (Lipinski definition) is 15. The van der Waals surface area contributed by atoms with Gasteiger partial charge in [-0.1, -0.05) is 6.07 Å². The first kappa shape index (κ1) is 35.3. The van der Waals surface area contributed by atoms with Crippen molar-refractivity contribution in [3.63, 3.8) is 0 Å². The lowest BCUT2D eigenvalue weighted by molar-refractivity contribution is -0.186. The second-order valence-corrected chi connectivity index (χ2v) is 16.1. The summed E-state index contributed by atoms with van der Waals surface area (Å²) in [6, 6.07) is 3.13. The monoisotopic (exact) mass is 763 g/mol. The van der Waals surface area contributed by atoms with Crippen LogP contribution in [0.5, 0.6) is 40.2 Å². The zero-order valence-corrected chi connectivity index (χ0v) is 31.7. The quantitative estimate of drug-likeness (QED) is 0.225. The molecule has 15 heteroatoms. The van der Waals surface area contributed by atoms with Crippen molar-refractivity contribution in [3.05, 3.63) is 62.7 Å². The topological polar surface area (TPSA) is 169 Å². The minimum atomic E-state index is -1.36. The third-order valence-electron chi connectivity index (χ3n) is 12.3. The molecule has 4 N–H and O–H groups in total. The van der Waals surface area contributed by atoms with Gasteiger partial charge in [0.15, 0.2) is 40.0 Å². The fourth-order valence-electron chi connectivity index (χ4n) is 10.00. The number of rotatable bonds is 3. The summed E-state index contributed by atoms with van der Waals surface area (Å²) in [5.74, 6) is 0.949. The summed E-state index contributed by atoms with van der Waals surface area (Å²) < 4.78 is 35.9. The highest BCUT2D eigenvalue weighted by Crippen LogP contribution is 2.64. The van der Waals surface area contributed by atoms with E-state index in [4.69, 9.17) is 28.4 Å². The molecule has 2 saturated heterocycles. The van der Waals surface area contributed by atoms with Crippen LogP contribution in [0.25, 0.3) is 0 Å². The zero-order chi connectivity index (χ0) is 38.0. The van der Waals surface area contributed by atoms with Gasteiger partial charge in [0.1, 0.15) is 18.6 Å². The lowest BCUT2D eigenvalue weighted by Gasteiger charge is -2.62. The molecule has 0 aliphatic carbocycles. The number of esters is 2. The molecule has 2 fully saturated rings. The van der Waals surface area contributed by atoms with Crippen LogP contribution in [0, 0.1) is 13.8 Å². The van der Waals surface area contributed by atoms with Gasteiger partial charge in [-0.3, -0.25) is 19.9 Å². The molecule has 54 heavy (non-hydrogen) atoms. The Kier molecular flexibility index (Phi) is 8.21. The number of likely N-dealkylation sites (N-methyl/N-ethyl adjacent to an activating group) is 1. The van der Waals surface area contributed by atoms with Crippen LogP contribution in [-0.2, 0) is 32.7 Å². The molecule has 7 atom stereocenters. The van der Waals surface area contributed by atoms with E-state index in [1.807, 2.05) is 31.9 Å². The molecule has 0 radical (unpaired) electrons. The van der Waals surface area contributed by atoms with Crippen LogP contribution >= 0.6 is 11.8 Å². The number of hydrogen-bond donors (Lipinski definition) is 4. The predicted octanol–water partition coefficient (Wildman–Crippen LogP) is 3.66. The maximum atomic E-state index is 14.7. The summed E-state index contributed by atoms with van der Waals surface area (Å²) in [6.45, 7) is 5.26. The van der Waals surface area contributed by atoms with E-state index in [9.17, 15) is 24.9 Å². The number of fused-ring (bicyclic) bond motifs is 9. The molecule has 3 aromatic carbocycles. The largest absolute Gasteiger partial charge is 0.504 e. The van der Waals surface area contributed by atoms with Crippen molar-refractivity contribution in [1.29, 1.82) is 0 Å². The minimum Gasteiger partial charge on any atom is -0.504 e. The minimum absolute atomic E-state index is 0. The molecule has 288 valence electrons. The third kappa shape index (κ3) is 4.74. The number of benzene rings is 3. The summed E-state index contributed by atoms with van der Waals surface area (Å²) in [7, 11) is 4.96. The van der Waals surface area contributed by atoms with E-state index in [0.717, 1.165) is 16.7 Å². The van der Waals surface area contributed by atoms with Crippen LogP contribution < -0.4 is 29.0 Å². The molecule has 10 rings (SSSR count). The highest BCUT2D eigenvalue weighted by Gasteiger charge is 2.61. The van der Waals surface area contributed by atoms with Gasteiger partial charge in [0.25, 0.3) is 0 Å². The average Bonchev–Trinajstić information content (AvgIpc) is 3.63. The number of piperazine rings is 1. The number of carbonyl (C=O) groups is 2. The van der Waals surface area contributed by atoms with E-state index in [1.165, 1.54) is 32.9 Å². The Balaban J connectivity index is 0.00000427. The summed E-state index contributed by atoms with van der Waals surface area (Å²) in [5.41, 5.74) is 4.36. The first-order chi connectivity index (χ1) is 25.9. The van der Waals surface area contributed by atoms with Gasteiger partial charge in [-0.25, -0.2) is 4.79 Å². The molecule has 0 aromatic heterocycles. The Labute approximate surface area is 317 Å². The van der Waals surface area contributed by atoms with Crippen molar-refractivity contribution in [1.82, 2.24) is 15.1 Å². The van der Waals surface area contributed by atoms with Gasteiger partial charge in [-0.15, -0.1) is 11.8 Å². The van der Waals surface area contributed by atoms with E-state index in [2.05, 4.69) is 10.2 Å². The number of aliphatic hydroxyl groups is 1. The molecule has 7 aliphatic heterocycles. The zero-order valence-electron chi connectivity index (χ0n) is 30.8. The summed E-state index contributed by atoms with van der Waals surface area (Å²) in [5, 5.41) is 38.2. The average molecular weight is 764 g/mol. The molecule has 4 bridgehead atoms. The van der Waals surface area contributed by atoms with E-state index >= 15 is 0 Å². The maximum absolute atomic E-state index is 14.7. The highest BCUT2D eigenvalue weighted by atomic mass is 32.2. The highest BCUT2D eigenvalue weighted by molar-refractivity contribution is 7.99. The normalized spacial score (nSPS) is 29.4. The first-order valence-corrected chi connectivity index (χ1v) is 19.1. The van der Waals surface area contributed by atoms with E-state index < -0.39 is 47.1 Å². The lowest BCUT2D eigenvalue weighted by Crippen LogP contribution is -2.70. The van der Waals surface area contributed by atoms with E-state index in [0.29, 0.717) is 70.2 Å². The van der Waals surface area contributed by atoms with Gasteiger partial charge in [0.05, 0.1) is 37.6 Å². The molecule has 0 amide bonds. The summed E-state index contributed by atoms with van der Waals surface area (Å²) in [4.78, 5) is 31.7. The van der Waals surface area contributed by atoms with Crippen LogP contribution in [0.1, 0.15) is 70.2 Å². The van der Waals surface area contributed by atoms with E-state index in [1.54, 1.807) is 12.1 Å². The van der Waals surface area contributed by atoms with Gasteiger partial charge in [-0.2, -0.15) is 0 Å². The van der Waals surface area contributed by atoms with Gasteiger partial charge < -0.3 is 43.7 Å². The molecule has 1 spiro atoms. The van der Waals surface area contributed by atoms with Gasteiger partial charge in [0.2, 0.25) is 6.79 Å². The van der Waals surface area contributed by atoms with Crippen LogP contribution in [0.4, 0.5) is 0 Å². The molecular formula is C39H45N3O11S. The Morgan fingerprint density at radius 2 is 1.81 bits per heavy atom. The number of aromatic hydroxyl groups is 2. The standard InChI is InChI=1S/C39H43N3O11S.H2/c1-16-9-20-10-22-37(46)42-23-13-50-38(47)39(21-12-25(48-5)24(44)11-19(21)7-8-40-39)14-54-36(30(42)29(41(22)4)26(20)31(45)32(16)49-6)28-27(23)35-34(51-15-52-35)17(2)33(28)53-18(3)43;/h9,11-12,22-23,29-30,36-37,40,44-46H,7-8,10,13-15H2,1-6H3;1H/t22-,23-,29+,30+,36+,37-,39+;/m0./s1. The maximum Gasteiger partial charge on any atom is 0.331 e. The number of methoxy groups -OCH3 is 2. The number of ether oxygens (including phenoxy) is 6. The number of nitrogens with one attached hydrogen (secondary N) is 1. The lowest BCUT2D eigenvalue weighted by atomic mass is 9.73. The number of nitrogens with zero attached hydrogens (tertiary/aromatic N) is 2. The molecule has 3 aromatic rings. The third-order valence-corrected chi connectivity index (χ3v) is 13.7. The van der Waals surface area contributed by atoms with Crippen molar-refractivity contribution in [3.8, 4) is 40.2 Å². The van der Waals surface area contributed by atoms with E-state index in [-0.39, 0.29) is 43.9 Å². The fourth-order valence-corrected chi connectivity index (χ4v) is 11.7. The molecular weight excluding hydrogens is 719 g/mol. The molecule has 14 nitrogen and oxygen atoms in total. The molecule has 7 heterocycles. The van der Waals surface area contributed by atoms with Crippen LogP contribution in [-0.4, -0.2) is 102 Å². The second-order valence-electron chi connectivity index (χ2n) is 14.9. The molecule has 7 aliphatic rings.